The Morgan fingerprint density at radius 3 is 3.17 bits per heavy atom. The van der Waals surface area contributed by atoms with Gasteiger partial charge in [0, 0.05) is 11.6 Å². The van der Waals surface area contributed by atoms with Crippen LogP contribution in [0, 0.1) is 0 Å². The van der Waals surface area contributed by atoms with Gasteiger partial charge in [-0.15, -0.1) is 11.3 Å². The van der Waals surface area contributed by atoms with Gasteiger partial charge in [-0.1, -0.05) is 11.6 Å². The van der Waals surface area contributed by atoms with E-state index in [-0.39, 0.29) is 0 Å². The summed E-state index contributed by atoms with van der Waals surface area (Å²) in [7, 11) is 0. The van der Waals surface area contributed by atoms with Crippen molar-refractivity contribution in [2.24, 2.45) is 5.84 Å². The number of rotatable bonds is 1. The van der Waals surface area contributed by atoms with Crippen molar-refractivity contribution < 1.29 is 0 Å². The molecule has 62 valence electrons. The summed E-state index contributed by atoms with van der Waals surface area (Å²) in [5, 5.41) is 3.59. The van der Waals surface area contributed by atoms with Crippen molar-refractivity contribution in [1.82, 2.24) is 4.98 Å². The molecule has 2 aromatic rings. The molecule has 12 heavy (non-hydrogen) atoms. The van der Waals surface area contributed by atoms with E-state index >= 15 is 0 Å². The Morgan fingerprint density at radius 1 is 1.58 bits per heavy atom. The number of hydrazine groups is 1. The van der Waals surface area contributed by atoms with E-state index in [1.807, 2.05) is 11.4 Å². The molecule has 0 atom stereocenters. The van der Waals surface area contributed by atoms with E-state index in [0.29, 0.717) is 10.8 Å². The molecule has 0 bridgehead atoms. The molecular formula is C7H6ClN3S. The number of pyridine rings is 1. The van der Waals surface area contributed by atoms with Crippen LogP contribution >= 0.6 is 22.9 Å². The minimum Gasteiger partial charge on any atom is -0.308 e. The lowest BCUT2D eigenvalue weighted by molar-refractivity contribution is 1.25. The van der Waals surface area contributed by atoms with Crippen molar-refractivity contribution in [2.75, 3.05) is 5.43 Å². The van der Waals surface area contributed by atoms with Gasteiger partial charge in [0.25, 0.3) is 0 Å². The van der Waals surface area contributed by atoms with Crippen LogP contribution in [0.2, 0.25) is 5.02 Å². The van der Waals surface area contributed by atoms with Crippen molar-refractivity contribution in [3.05, 3.63) is 22.7 Å². The Kier molecular flexibility index (Phi) is 1.88. The molecule has 0 aliphatic carbocycles. The maximum Gasteiger partial charge on any atom is 0.148 e. The summed E-state index contributed by atoms with van der Waals surface area (Å²) in [6, 6.07) is 1.94. The van der Waals surface area contributed by atoms with Gasteiger partial charge in [-0.2, -0.15) is 0 Å². The Labute approximate surface area is 78.1 Å². The van der Waals surface area contributed by atoms with Crippen LogP contribution in [0.4, 0.5) is 5.82 Å². The molecule has 5 heteroatoms. The fourth-order valence-corrected chi connectivity index (χ4v) is 2.13. The van der Waals surface area contributed by atoms with E-state index in [1.54, 1.807) is 17.5 Å². The number of nitrogens with one attached hydrogen (secondary N) is 1. The van der Waals surface area contributed by atoms with Crippen molar-refractivity contribution in [3.8, 4) is 0 Å². The van der Waals surface area contributed by atoms with E-state index in [1.165, 1.54) is 0 Å². The molecular weight excluding hydrogens is 194 g/mol. The normalized spacial score (nSPS) is 10.5. The maximum absolute atomic E-state index is 5.91. The summed E-state index contributed by atoms with van der Waals surface area (Å²) < 4.78 is 1.01. The molecule has 2 heterocycles. The highest BCUT2D eigenvalue weighted by Gasteiger charge is 2.05. The Bertz CT molecular complexity index is 412. The number of nitrogens with zero attached hydrogens (tertiary/aromatic N) is 1. The van der Waals surface area contributed by atoms with Crippen LogP contribution in [-0.4, -0.2) is 4.98 Å². The second-order valence-corrected chi connectivity index (χ2v) is 3.59. The molecule has 2 rings (SSSR count). The predicted octanol–water partition coefficient (Wildman–Crippen LogP) is 2.24. The second-order valence-electron chi connectivity index (χ2n) is 2.26. The Balaban J connectivity index is 2.82. The summed E-state index contributed by atoms with van der Waals surface area (Å²) in [4.78, 5) is 4.04. The summed E-state index contributed by atoms with van der Waals surface area (Å²) in [6.45, 7) is 0. The molecule has 0 aliphatic rings. The van der Waals surface area contributed by atoms with Gasteiger partial charge >= 0.3 is 0 Å². The number of thiophene rings is 1. The molecule has 3 N–H and O–H groups in total. The smallest absolute Gasteiger partial charge is 0.148 e. The molecule has 0 fully saturated rings. The van der Waals surface area contributed by atoms with Gasteiger partial charge in [-0.25, -0.2) is 10.8 Å². The van der Waals surface area contributed by atoms with Gasteiger partial charge in [0.2, 0.25) is 0 Å². The number of nitrogen functional groups attached to an aromatic ring is 1. The Hall–Kier alpha value is -0.840. The second kappa shape index (κ2) is 2.90. The molecule has 3 nitrogen and oxygen atoms in total. The van der Waals surface area contributed by atoms with Crippen LogP contribution in [0.1, 0.15) is 0 Å². The van der Waals surface area contributed by atoms with E-state index in [2.05, 4.69) is 10.4 Å². The van der Waals surface area contributed by atoms with Crippen LogP contribution < -0.4 is 11.3 Å². The molecule has 2 aromatic heterocycles. The molecule has 0 aliphatic heterocycles. The third-order valence-corrected chi connectivity index (χ3v) is 2.93. The monoisotopic (exact) mass is 199 g/mol. The topological polar surface area (TPSA) is 50.9 Å². The van der Waals surface area contributed by atoms with Gasteiger partial charge < -0.3 is 5.43 Å². The van der Waals surface area contributed by atoms with E-state index < -0.39 is 0 Å². The van der Waals surface area contributed by atoms with Crippen LogP contribution in [0.5, 0.6) is 0 Å². The Morgan fingerprint density at radius 2 is 2.42 bits per heavy atom. The molecule has 0 radical (unpaired) electrons. The van der Waals surface area contributed by atoms with Crippen LogP contribution in [0.25, 0.3) is 10.1 Å². The van der Waals surface area contributed by atoms with Crippen molar-refractivity contribution in [2.45, 2.75) is 0 Å². The van der Waals surface area contributed by atoms with E-state index in [9.17, 15) is 0 Å². The van der Waals surface area contributed by atoms with Gasteiger partial charge in [-0.3, -0.25) is 0 Å². The number of fused-ring (bicyclic) bond motifs is 1. The quantitative estimate of drug-likeness (QED) is 0.547. The average molecular weight is 200 g/mol. The first-order chi connectivity index (χ1) is 5.83. The first-order valence-corrected chi connectivity index (χ1v) is 4.57. The van der Waals surface area contributed by atoms with Crippen molar-refractivity contribution >= 4 is 38.8 Å². The summed E-state index contributed by atoms with van der Waals surface area (Å²) in [5.41, 5.74) is 2.52. The molecule has 0 amide bonds. The predicted molar refractivity (Wildman–Crippen MR) is 52.4 cm³/mol. The minimum absolute atomic E-state index is 0.663. The van der Waals surface area contributed by atoms with Gasteiger partial charge in [0.15, 0.2) is 0 Å². The number of nitrogens with two attached hydrogens (primary N) is 1. The number of anilines is 1. The van der Waals surface area contributed by atoms with Crippen LogP contribution in [0.15, 0.2) is 17.6 Å². The average Bonchev–Trinajstić information content (AvgIpc) is 2.54. The van der Waals surface area contributed by atoms with E-state index in [4.69, 9.17) is 17.4 Å². The standard InChI is InChI=1S/C7H6ClN3S/c8-5-3-10-7(11-9)4-1-2-12-6(4)5/h1-3H,9H2,(H,10,11). The van der Waals surface area contributed by atoms with Crippen molar-refractivity contribution in [3.63, 3.8) is 0 Å². The zero-order valence-electron chi connectivity index (χ0n) is 6.04. The third-order valence-electron chi connectivity index (χ3n) is 1.58. The molecule has 0 unspecified atom stereocenters. The molecule has 0 saturated heterocycles. The lowest BCUT2D eigenvalue weighted by atomic mass is 10.3. The SMILES string of the molecule is NNc1ncc(Cl)c2sccc12. The van der Waals surface area contributed by atoms with Crippen molar-refractivity contribution in [1.29, 1.82) is 0 Å². The maximum atomic E-state index is 5.91. The number of hydrogen-bond acceptors (Lipinski definition) is 4. The fraction of sp³-hybridized carbons (Fsp3) is 0. The summed E-state index contributed by atoms with van der Waals surface area (Å²) in [6.07, 6.45) is 1.59. The first kappa shape index (κ1) is 7.79. The molecule has 0 saturated carbocycles. The summed E-state index contributed by atoms with van der Waals surface area (Å²) >= 11 is 7.48. The molecule has 0 spiro atoms. The van der Waals surface area contributed by atoms with Gasteiger partial charge in [0.05, 0.1) is 9.72 Å². The summed E-state index contributed by atoms with van der Waals surface area (Å²) in [5.74, 6) is 5.94. The highest BCUT2D eigenvalue weighted by molar-refractivity contribution is 7.18. The fourth-order valence-electron chi connectivity index (χ4n) is 1.05. The number of halogens is 1. The van der Waals surface area contributed by atoms with Crippen LogP contribution in [-0.2, 0) is 0 Å². The first-order valence-electron chi connectivity index (χ1n) is 3.31. The number of hydrogen-bond donors (Lipinski definition) is 2. The molecule has 0 aromatic carbocycles. The van der Waals surface area contributed by atoms with Crippen LogP contribution in [0.3, 0.4) is 0 Å². The third kappa shape index (κ3) is 1.04. The number of aromatic nitrogens is 1. The lowest BCUT2D eigenvalue weighted by Gasteiger charge is -2.00. The zero-order chi connectivity index (χ0) is 8.55. The minimum atomic E-state index is 0.663. The van der Waals surface area contributed by atoms with Gasteiger partial charge in [0.1, 0.15) is 5.82 Å². The largest absolute Gasteiger partial charge is 0.308 e. The van der Waals surface area contributed by atoms with Gasteiger partial charge in [-0.05, 0) is 11.4 Å². The van der Waals surface area contributed by atoms with E-state index in [0.717, 1.165) is 10.1 Å². The lowest BCUT2D eigenvalue weighted by Crippen LogP contribution is -2.08. The highest BCUT2D eigenvalue weighted by Crippen LogP contribution is 2.31. The zero-order valence-corrected chi connectivity index (χ0v) is 7.62. The highest BCUT2D eigenvalue weighted by atomic mass is 35.5.